The van der Waals surface area contributed by atoms with Gasteiger partial charge >= 0.3 is 0 Å². The standard InChI is InChI=1S/2C22H29NO4S/c1-4-6-12-22(5-2)15-28(25,26)20-14-18(24)19(27-3)13-17(20)21(23-22)16-10-8-7-9-11-16;1-4-6-12-22(5-2)15-28(25,26)20-14-19(27-3)18(24)13-17(20)21(23-22)16-10-8-7-9-11-16/h2*7-11,13-14,21,23-24H,4-6,12,15H2,1-3H3/t2*21-,22-/m11/s1. The third kappa shape index (κ3) is 9.20. The van der Waals surface area contributed by atoms with Crippen molar-refractivity contribution in [3.63, 3.8) is 0 Å². The van der Waals surface area contributed by atoms with Crippen LogP contribution in [0.3, 0.4) is 0 Å². The monoisotopic (exact) mass is 806 g/mol. The van der Waals surface area contributed by atoms with Gasteiger partial charge in [-0.2, -0.15) is 0 Å². The molecule has 0 bridgehead atoms. The number of phenols is 2. The lowest BCUT2D eigenvalue weighted by atomic mass is 9.88. The smallest absolute Gasteiger partial charge is 0.180 e. The Kier molecular flexibility index (Phi) is 13.8. The van der Waals surface area contributed by atoms with Gasteiger partial charge in [-0.1, -0.05) is 114 Å². The Balaban J connectivity index is 0.000000214. The van der Waals surface area contributed by atoms with E-state index >= 15 is 0 Å². The third-order valence-corrected chi connectivity index (χ3v) is 15.3. The molecule has 4 aromatic carbocycles. The zero-order valence-electron chi connectivity index (χ0n) is 33.5. The average molecular weight is 807 g/mol. The van der Waals surface area contributed by atoms with Crippen molar-refractivity contribution in [3.8, 4) is 23.0 Å². The largest absolute Gasteiger partial charge is 0.504 e. The van der Waals surface area contributed by atoms with E-state index in [-0.39, 0.29) is 56.4 Å². The summed E-state index contributed by atoms with van der Waals surface area (Å²) in [4.78, 5) is 0.411. The number of hydrogen-bond donors (Lipinski definition) is 4. The van der Waals surface area contributed by atoms with Gasteiger partial charge < -0.3 is 19.7 Å². The summed E-state index contributed by atoms with van der Waals surface area (Å²) in [6.45, 7) is 8.30. The van der Waals surface area contributed by atoms with E-state index in [4.69, 9.17) is 9.47 Å². The molecule has 4 aromatic rings. The lowest BCUT2D eigenvalue weighted by molar-refractivity contribution is 0.294. The van der Waals surface area contributed by atoms with Gasteiger partial charge in [-0.05, 0) is 60.1 Å². The van der Waals surface area contributed by atoms with Gasteiger partial charge in [0.1, 0.15) is 0 Å². The van der Waals surface area contributed by atoms with Crippen molar-refractivity contribution in [2.24, 2.45) is 0 Å². The van der Waals surface area contributed by atoms with E-state index in [2.05, 4.69) is 24.5 Å². The van der Waals surface area contributed by atoms with Gasteiger partial charge in [0.15, 0.2) is 42.7 Å². The Morgan fingerprint density at radius 3 is 1.41 bits per heavy atom. The van der Waals surface area contributed by atoms with Crippen LogP contribution in [-0.2, 0) is 19.7 Å². The van der Waals surface area contributed by atoms with Gasteiger partial charge in [0.2, 0.25) is 0 Å². The van der Waals surface area contributed by atoms with Crippen molar-refractivity contribution < 1.29 is 36.5 Å². The first-order chi connectivity index (χ1) is 26.7. The summed E-state index contributed by atoms with van der Waals surface area (Å²) in [6.07, 6.45) is 6.85. The molecular formula is C44H58N2O8S2. The van der Waals surface area contributed by atoms with Crippen molar-refractivity contribution in [2.45, 2.75) is 112 Å². The van der Waals surface area contributed by atoms with Gasteiger partial charge in [-0.15, -0.1) is 0 Å². The fourth-order valence-corrected chi connectivity index (χ4v) is 12.4. The van der Waals surface area contributed by atoms with Gasteiger partial charge in [0, 0.05) is 23.2 Å². The molecule has 0 fully saturated rings. The first-order valence-corrected chi connectivity index (χ1v) is 22.9. The van der Waals surface area contributed by atoms with Crippen molar-refractivity contribution in [1.82, 2.24) is 10.6 Å². The van der Waals surface area contributed by atoms with Crippen LogP contribution < -0.4 is 20.1 Å². The minimum atomic E-state index is -3.60. The predicted molar refractivity (Wildman–Crippen MR) is 221 cm³/mol. The molecule has 0 spiro atoms. The summed E-state index contributed by atoms with van der Waals surface area (Å²) in [5, 5.41) is 28.0. The fourth-order valence-electron chi connectivity index (χ4n) is 8.08. The maximum Gasteiger partial charge on any atom is 0.180 e. The number of hydrogen-bond acceptors (Lipinski definition) is 10. The molecule has 0 radical (unpaired) electrons. The molecule has 2 aliphatic rings. The maximum atomic E-state index is 13.4. The number of unbranched alkanes of at least 4 members (excludes halogenated alkanes) is 2. The average Bonchev–Trinajstić information content (AvgIpc) is 3.36. The van der Waals surface area contributed by atoms with Gasteiger partial charge in [0.25, 0.3) is 0 Å². The highest BCUT2D eigenvalue weighted by Crippen LogP contribution is 2.44. The van der Waals surface area contributed by atoms with Crippen molar-refractivity contribution >= 4 is 19.7 Å². The number of fused-ring (bicyclic) bond motifs is 2. The van der Waals surface area contributed by atoms with Crippen LogP contribution in [0.1, 0.15) is 113 Å². The fraction of sp³-hybridized carbons (Fsp3) is 0.455. The van der Waals surface area contributed by atoms with Crippen LogP contribution in [0.4, 0.5) is 0 Å². The molecule has 0 saturated heterocycles. The second-order valence-corrected chi connectivity index (χ2v) is 19.0. The predicted octanol–water partition coefficient (Wildman–Crippen LogP) is 8.41. The first-order valence-electron chi connectivity index (χ1n) is 19.6. The molecule has 0 aliphatic carbocycles. The summed E-state index contributed by atoms with van der Waals surface area (Å²) >= 11 is 0. The molecular weight excluding hydrogens is 749 g/mol. The third-order valence-electron chi connectivity index (χ3n) is 11.4. The van der Waals surface area contributed by atoms with Crippen LogP contribution >= 0.6 is 0 Å². The lowest BCUT2D eigenvalue weighted by Gasteiger charge is -2.36. The van der Waals surface area contributed by atoms with Crippen LogP contribution in [-0.4, -0.2) is 63.9 Å². The molecule has 0 amide bonds. The Bertz CT molecular complexity index is 2150. The number of ether oxygens (including phenoxy) is 2. The highest BCUT2D eigenvalue weighted by Gasteiger charge is 2.44. The zero-order chi connectivity index (χ0) is 40.7. The molecule has 0 unspecified atom stereocenters. The summed E-state index contributed by atoms with van der Waals surface area (Å²) < 4.78 is 64.0. The zero-order valence-corrected chi connectivity index (χ0v) is 35.1. The van der Waals surface area contributed by atoms with Gasteiger partial charge in [0.05, 0.1) is 47.6 Å². The molecule has 12 heteroatoms. The number of sulfone groups is 2. The molecule has 4 N–H and O–H groups in total. The molecule has 2 aliphatic heterocycles. The minimum Gasteiger partial charge on any atom is -0.504 e. The van der Waals surface area contributed by atoms with Crippen LogP contribution in [0.2, 0.25) is 0 Å². The highest BCUT2D eigenvalue weighted by atomic mass is 32.2. The summed E-state index contributed by atoms with van der Waals surface area (Å²) in [7, 11) is -4.27. The number of methoxy groups -OCH3 is 2. The number of nitrogens with one attached hydrogen (secondary N) is 2. The van der Waals surface area contributed by atoms with Crippen LogP contribution in [0.5, 0.6) is 23.0 Å². The minimum absolute atomic E-state index is 0.0125. The van der Waals surface area contributed by atoms with Crippen LogP contribution in [0.15, 0.2) is 94.7 Å². The van der Waals surface area contributed by atoms with E-state index in [0.29, 0.717) is 24.0 Å². The normalized spacial score (nSPS) is 23.6. The van der Waals surface area contributed by atoms with E-state index in [1.54, 1.807) is 6.07 Å². The number of phenolic OH excluding ortho intramolecular Hbond substituents is 2. The Hall–Kier alpha value is -4.10. The van der Waals surface area contributed by atoms with E-state index in [1.807, 2.05) is 74.5 Å². The van der Waals surface area contributed by atoms with Crippen molar-refractivity contribution in [2.75, 3.05) is 25.7 Å². The SMILES string of the molecule is CCCC[C@]1(CC)CS(=O)(=O)c2cc(O)c(OC)cc2[C@@H](c2ccccc2)N1.CCCC[C@]1(CC)CS(=O)(=O)c2cc(OC)c(O)cc2[C@@H](c2ccccc2)N1. The van der Waals surface area contributed by atoms with Crippen molar-refractivity contribution in [3.05, 3.63) is 107 Å². The lowest BCUT2D eigenvalue weighted by Crippen LogP contribution is -2.50. The number of benzene rings is 4. The number of rotatable bonds is 12. The Morgan fingerprint density at radius 1 is 0.607 bits per heavy atom. The van der Waals surface area contributed by atoms with E-state index in [1.165, 1.54) is 32.4 Å². The molecule has 10 nitrogen and oxygen atoms in total. The second kappa shape index (κ2) is 18.0. The van der Waals surface area contributed by atoms with Crippen LogP contribution in [0.25, 0.3) is 0 Å². The quantitative estimate of drug-likeness (QED) is 0.110. The summed E-state index contributed by atoms with van der Waals surface area (Å²) in [5.41, 5.74) is 2.08. The van der Waals surface area contributed by atoms with E-state index in [9.17, 15) is 27.0 Å². The molecule has 0 aromatic heterocycles. The summed E-state index contributed by atoms with van der Waals surface area (Å²) in [5.74, 6) is 0.270. The topological polar surface area (TPSA) is 151 Å². The Labute approximate surface area is 333 Å². The molecule has 6 rings (SSSR count). The Morgan fingerprint density at radius 2 is 1.00 bits per heavy atom. The molecule has 0 saturated carbocycles. The first kappa shape index (κ1) is 43.0. The van der Waals surface area contributed by atoms with Crippen LogP contribution in [0, 0.1) is 0 Å². The second-order valence-electron chi connectivity index (χ2n) is 15.1. The van der Waals surface area contributed by atoms with Crippen molar-refractivity contribution in [1.29, 1.82) is 0 Å². The maximum absolute atomic E-state index is 13.4. The summed E-state index contributed by atoms with van der Waals surface area (Å²) in [6, 6.07) is 25.0. The van der Waals surface area contributed by atoms with E-state index < -0.39 is 30.8 Å². The molecule has 304 valence electrons. The molecule has 2 heterocycles. The highest BCUT2D eigenvalue weighted by molar-refractivity contribution is 7.91. The van der Waals surface area contributed by atoms with Gasteiger partial charge in [-0.3, -0.25) is 10.6 Å². The number of aromatic hydroxyl groups is 2. The van der Waals surface area contributed by atoms with Gasteiger partial charge in [-0.25, -0.2) is 16.8 Å². The van der Waals surface area contributed by atoms with E-state index in [0.717, 1.165) is 49.7 Å². The molecule has 56 heavy (non-hydrogen) atoms. The molecule has 4 atom stereocenters.